The third-order valence-corrected chi connectivity index (χ3v) is 6.50. The van der Waals surface area contributed by atoms with E-state index in [4.69, 9.17) is 4.74 Å². The summed E-state index contributed by atoms with van der Waals surface area (Å²) in [5, 5.41) is 5.20. The van der Waals surface area contributed by atoms with Gasteiger partial charge in [0.1, 0.15) is 0 Å². The number of rotatable bonds is 6. The van der Waals surface area contributed by atoms with Crippen LogP contribution >= 0.6 is 23.1 Å². The van der Waals surface area contributed by atoms with Crippen molar-refractivity contribution in [2.45, 2.75) is 23.2 Å². The molecule has 1 aliphatic heterocycles. The topological polar surface area (TPSA) is 38.3 Å². The van der Waals surface area contributed by atoms with Gasteiger partial charge in [0.2, 0.25) is 5.91 Å². The van der Waals surface area contributed by atoms with Gasteiger partial charge in [-0.25, -0.2) is 0 Å². The number of thioether (sulfide) groups is 1. The lowest BCUT2D eigenvalue weighted by molar-refractivity contribution is -0.116. The molecule has 1 aromatic carbocycles. The van der Waals surface area contributed by atoms with Crippen LogP contribution in [0.25, 0.3) is 6.08 Å². The van der Waals surface area contributed by atoms with Crippen LogP contribution in [0.4, 0.5) is 0 Å². The van der Waals surface area contributed by atoms with E-state index in [1.165, 1.54) is 9.77 Å². The Morgan fingerprint density at radius 2 is 2.04 bits per heavy atom. The Labute approximate surface area is 157 Å². The van der Waals surface area contributed by atoms with Crippen LogP contribution < -0.4 is 5.32 Å². The first-order chi connectivity index (χ1) is 12.2. The van der Waals surface area contributed by atoms with Crippen LogP contribution in [0.2, 0.25) is 0 Å². The molecule has 2 heterocycles. The molecule has 2 aromatic rings. The van der Waals surface area contributed by atoms with Gasteiger partial charge in [0.15, 0.2) is 0 Å². The number of benzene rings is 1. The van der Waals surface area contributed by atoms with E-state index in [2.05, 4.69) is 41.2 Å². The minimum absolute atomic E-state index is 0.00984. The zero-order chi connectivity index (χ0) is 17.5. The van der Waals surface area contributed by atoms with Gasteiger partial charge in [0, 0.05) is 41.0 Å². The van der Waals surface area contributed by atoms with Gasteiger partial charge in [-0.3, -0.25) is 4.79 Å². The Hall–Kier alpha value is -1.56. The van der Waals surface area contributed by atoms with Crippen LogP contribution in [0.3, 0.4) is 0 Å². The average molecular weight is 374 g/mol. The van der Waals surface area contributed by atoms with Crippen LogP contribution in [0.1, 0.15) is 23.3 Å². The molecule has 0 spiro atoms. The van der Waals surface area contributed by atoms with Gasteiger partial charge < -0.3 is 10.1 Å². The summed E-state index contributed by atoms with van der Waals surface area (Å²) in [6.07, 6.45) is 7.44. The molecule has 1 fully saturated rings. The summed E-state index contributed by atoms with van der Waals surface area (Å²) in [6, 6.07) is 12.4. The molecule has 3 rings (SSSR count). The monoisotopic (exact) mass is 373 g/mol. The molecular weight excluding hydrogens is 350 g/mol. The number of hydrogen-bond acceptors (Lipinski definition) is 4. The van der Waals surface area contributed by atoms with E-state index in [-0.39, 0.29) is 11.3 Å². The number of amides is 1. The molecule has 0 radical (unpaired) electrons. The van der Waals surface area contributed by atoms with Gasteiger partial charge in [-0.2, -0.15) is 0 Å². The summed E-state index contributed by atoms with van der Waals surface area (Å²) in [5.41, 5.74) is 1.04. The van der Waals surface area contributed by atoms with Crippen molar-refractivity contribution in [3.05, 3.63) is 58.3 Å². The standard InChI is InChI=1S/C20H23NO2S2/c1-24-17-7-4-16(5-8-17)6-9-19(22)21-15-20(10-12-23-13-11-20)18-3-2-14-25-18/h2-9,14H,10-13,15H2,1H3,(H,21,22). The van der Waals surface area contributed by atoms with Crippen LogP contribution in [-0.2, 0) is 14.9 Å². The first kappa shape index (κ1) is 18.2. The highest BCUT2D eigenvalue weighted by Crippen LogP contribution is 2.36. The van der Waals surface area contributed by atoms with Crippen molar-refractivity contribution in [2.75, 3.05) is 26.0 Å². The summed E-state index contributed by atoms with van der Waals surface area (Å²) in [4.78, 5) is 14.8. The first-order valence-corrected chi connectivity index (χ1v) is 10.5. The third-order valence-electron chi connectivity index (χ3n) is 4.64. The highest BCUT2D eigenvalue weighted by Gasteiger charge is 2.35. The number of ether oxygens (including phenoxy) is 1. The predicted molar refractivity (Wildman–Crippen MR) is 106 cm³/mol. The fourth-order valence-electron chi connectivity index (χ4n) is 3.05. The van der Waals surface area contributed by atoms with E-state index < -0.39 is 0 Å². The fourth-order valence-corrected chi connectivity index (χ4v) is 4.45. The van der Waals surface area contributed by atoms with Crippen molar-refractivity contribution < 1.29 is 9.53 Å². The van der Waals surface area contributed by atoms with E-state index in [0.29, 0.717) is 6.54 Å². The van der Waals surface area contributed by atoms with E-state index >= 15 is 0 Å². The van der Waals surface area contributed by atoms with Gasteiger partial charge in [-0.1, -0.05) is 18.2 Å². The van der Waals surface area contributed by atoms with E-state index in [1.54, 1.807) is 29.2 Å². The predicted octanol–water partition coefficient (Wildman–Crippen LogP) is 4.35. The van der Waals surface area contributed by atoms with Crippen molar-refractivity contribution in [3.63, 3.8) is 0 Å². The van der Waals surface area contributed by atoms with E-state index in [9.17, 15) is 4.79 Å². The van der Waals surface area contributed by atoms with Gasteiger partial charge in [0.05, 0.1) is 0 Å². The summed E-state index contributed by atoms with van der Waals surface area (Å²) in [6.45, 7) is 2.17. The highest BCUT2D eigenvalue weighted by atomic mass is 32.2. The molecular formula is C20H23NO2S2. The lowest BCUT2D eigenvalue weighted by Crippen LogP contribution is -2.43. The fraction of sp³-hybridized carbons (Fsp3) is 0.350. The van der Waals surface area contributed by atoms with Crippen molar-refractivity contribution >= 4 is 35.1 Å². The molecule has 1 saturated heterocycles. The van der Waals surface area contributed by atoms with Crippen molar-refractivity contribution in [1.29, 1.82) is 0 Å². The molecule has 1 aliphatic rings. The second-order valence-corrected chi connectivity index (χ2v) is 8.02. The smallest absolute Gasteiger partial charge is 0.244 e. The Morgan fingerprint density at radius 3 is 2.68 bits per heavy atom. The zero-order valence-electron chi connectivity index (χ0n) is 14.4. The first-order valence-electron chi connectivity index (χ1n) is 8.44. The lowest BCUT2D eigenvalue weighted by atomic mass is 9.78. The maximum atomic E-state index is 12.3. The molecule has 0 aliphatic carbocycles. The number of thiophene rings is 1. The number of hydrogen-bond donors (Lipinski definition) is 1. The van der Waals surface area contributed by atoms with E-state index in [0.717, 1.165) is 31.6 Å². The summed E-state index contributed by atoms with van der Waals surface area (Å²) in [5.74, 6) is -0.0450. The summed E-state index contributed by atoms with van der Waals surface area (Å²) < 4.78 is 5.53. The molecule has 0 atom stereocenters. The Kier molecular flexibility index (Phi) is 6.34. The van der Waals surface area contributed by atoms with Crippen LogP contribution in [-0.4, -0.2) is 31.9 Å². The molecule has 0 saturated carbocycles. The molecule has 1 amide bonds. The molecule has 25 heavy (non-hydrogen) atoms. The Morgan fingerprint density at radius 1 is 1.28 bits per heavy atom. The van der Waals surface area contributed by atoms with Crippen molar-refractivity contribution in [3.8, 4) is 0 Å². The van der Waals surface area contributed by atoms with Crippen LogP contribution in [0, 0.1) is 0 Å². The molecule has 0 bridgehead atoms. The maximum Gasteiger partial charge on any atom is 0.244 e. The van der Waals surface area contributed by atoms with E-state index in [1.807, 2.05) is 18.2 Å². The van der Waals surface area contributed by atoms with Gasteiger partial charge >= 0.3 is 0 Å². The quantitative estimate of drug-likeness (QED) is 0.604. The Bertz CT molecular complexity index is 702. The minimum Gasteiger partial charge on any atom is -0.381 e. The summed E-state index contributed by atoms with van der Waals surface area (Å²) >= 11 is 3.48. The maximum absolute atomic E-state index is 12.3. The minimum atomic E-state index is -0.0450. The van der Waals surface area contributed by atoms with Crippen LogP contribution in [0.15, 0.2) is 52.7 Å². The van der Waals surface area contributed by atoms with Crippen molar-refractivity contribution in [2.24, 2.45) is 0 Å². The Balaban J connectivity index is 1.60. The van der Waals surface area contributed by atoms with Gasteiger partial charge in [-0.05, 0) is 54.3 Å². The molecule has 1 N–H and O–H groups in total. The summed E-state index contributed by atoms with van der Waals surface area (Å²) in [7, 11) is 0. The second kappa shape index (κ2) is 8.70. The van der Waals surface area contributed by atoms with Crippen molar-refractivity contribution in [1.82, 2.24) is 5.32 Å². The zero-order valence-corrected chi connectivity index (χ0v) is 16.0. The molecule has 1 aromatic heterocycles. The largest absolute Gasteiger partial charge is 0.381 e. The molecule has 132 valence electrons. The normalized spacial score (nSPS) is 16.8. The average Bonchev–Trinajstić information content (AvgIpc) is 3.21. The van der Waals surface area contributed by atoms with Crippen LogP contribution in [0.5, 0.6) is 0 Å². The lowest BCUT2D eigenvalue weighted by Gasteiger charge is -2.36. The number of nitrogens with one attached hydrogen (secondary N) is 1. The number of carbonyl (C=O) groups is 1. The SMILES string of the molecule is CSc1ccc(C=CC(=O)NCC2(c3cccs3)CCOCC2)cc1. The third kappa shape index (κ3) is 4.75. The highest BCUT2D eigenvalue weighted by molar-refractivity contribution is 7.98. The van der Waals surface area contributed by atoms with Gasteiger partial charge in [-0.15, -0.1) is 23.1 Å². The molecule has 0 unspecified atom stereocenters. The molecule has 3 nitrogen and oxygen atoms in total. The second-order valence-electron chi connectivity index (χ2n) is 6.19. The van der Waals surface area contributed by atoms with Gasteiger partial charge in [0.25, 0.3) is 0 Å². The molecule has 5 heteroatoms. The number of carbonyl (C=O) groups excluding carboxylic acids is 1.